The topological polar surface area (TPSA) is 88.9 Å². The van der Waals surface area contributed by atoms with Crippen LogP contribution in [0.1, 0.15) is 30.7 Å². The zero-order valence-corrected chi connectivity index (χ0v) is 14.4. The molecule has 24 heavy (non-hydrogen) atoms. The van der Waals surface area contributed by atoms with Crippen LogP contribution in [-0.2, 0) is 29.5 Å². The third-order valence-corrected chi connectivity index (χ3v) is 5.37. The van der Waals surface area contributed by atoms with E-state index in [1.54, 1.807) is 12.4 Å². The lowest BCUT2D eigenvalue weighted by Gasteiger charge is -2.11. The molecule has 0 amide bonds. The van der Waals surface area contributed by atoms with Crippen molar-refractivity contribution in [3.05, 3.63) is 42.1 Å². The monoisotopic (exact) mass is 349 g/mol. The Morgan fingerprint density at radius 1 is 1.25 bits per heavy atom. The highest BCUT2D eigenvalue weighted by Crippen LogP contribution is 2.17. The van der Waals surface area contributed by atoms with Gasteiger partial charge in [0, 0.05) is 44.6 Å². The number of aryl methyl sites for hydroxylation is 2. The minimum atomic E-state index is -3.51. The van der Waals surface area contributed by atoms with E-state index < -0.39 is 10.0 Å². The number of sulfonamides is 1. The minimum absolute atomic E-state index is 0.141. The van der Waals surface area contributed by atoms with Crippen molar-refractivity contribution in [1.29, 1.82) is 0 Å². The van der Waals surface area contributed by atoms with Gasteiger partial charge in [0.05, 0.1) is 0 Å². The first-order valence-corrected chi connectivity index (χ1v) is 9.79. The highest BCUT2D eigenvalue weighted by atomic mass is 32.2. The molecule has 2 N–H and O–H groups in total. The molecule has 8 heteroatoms. The van der Waals surface area contributed by atoms with E-state index in [-0.39, 0.29) is 5.03 Å². The quantitative estimate of drug-likeness (QED) is 0.696. The van der Waals surface area contributed by atoms with Gasteiger partial charge in [0.25, 0.3) is 10.0 Å². The molecule has 0 radical (unpaired) electrons. The number of imidazole rings is 1. The van der Waals surface area contributed by atoms with Crippen LogP contribution in [0.2, 0.25) is 0 Å². The molecule has 130 valence electrons. The third kappa shape index (κ3) is 4.40. The smallest absolute Gasteiger partial charge is 0.259 e. The van der Waals surface area contributed by atoms with Crippen molar-refractivity contribution in [2.45, 2.75) is 43.8 Å². The molecule has 1 aliphatic heterocycles. The molecule has 3 rings (SSSR count). The molecular weight excluding hydrogens is 326 g/mol. The van der Waals surface area contributed by atoms with Gasteiger partial charge >= 0.3 is 0 Å². The van der Waals surface area contributed by atoms with Gasteiger partial charge in [-0.2, -0.15) is 0 Å². The molecule has 1 aliphatic rings. The molecule has 0 saturated carbocycles. The summed E-state index contributed by atoms with van der Waals surface area (Å²) in [6.07, 6.45) is 8.94. The largest absolute Gasteiger partial charge is 0.333 e. The summed E-state index contributed by atoms with van der Waals surface area (Å²) in [6.45, 7) is 2.71. The third-order valence-electron chi connectivity index (χ3n) is 4.04. The van der Waals surface area contributed by atoms with Crippen LogP contribution in [0, 0.1) is 0 Å². The van der Waals surface area contributed by atoms with Crippen LogP contribution < -0.4 is 10.0 Å². The Morgan fingerprint density at radius 2 is 2.17 bits per heavy atom. The molecule has 3 heterocycles. The maximum Gasteiger partial charge on any atom is 0.259 e. The van der Waals surface area contributed by atoms with Crippen LogP contribution in [0.3, 0.4) is 0 Å². The molecule has 0 fully saturated rings. The average Bonchev–Trinajstić information content (AvgIpc) is 3.04. The molecule has 0 aromatic carbocycles. The summed E-state index contributed by atoms with van der Waals surface area (Å²) >= 11 is 0. The molecule has 0 unspecified atom stereocenters. The number of nitrogens with zero attached hydrogens (tertiary/aromatic N) is 3. The first-order chi connectivity index (χ1) is 11.6. The second-order valence-corrected chi connectivity index (χ2v) is 7.65. The molecule has 0 aliphatic carbocycles. The van der Waals surface area contributed by atoms with E-state index in [1.165, 1.54) is 0 Å². The minimum Gasteiger partial charge on any atom is -0.333 e. The van der Waals surface area contributed by atoms with Crippen LogP contribution in [0.25, 0.3) is 0 Å². The van der Waals surface area contributed by atoms with Gasteiger partial charge in [-0.05, 0) is 37.4 Å². The number of rotatable bonds is 8. The van der Waals surface area contributed by atoms with Gasteiger partial charge in [-0.1, -0.05) is 6.07 Å². The summed E-state index contributed by atoms with van der Waals surface area (Å²) in [5.41, 5.74) is 1.11. The van der Waals surface area contributed by atoms with E-state index in [2.05, 4.69) is 20.0 Å². The molecule has 2 aromatic rings. The van der Waals surface area contributed by atoms with Crippen LogP contribution in [0.4, 0.5) is 0 Å². The molecule has 7 nitrogen and oxygen atoms in total. The predicted molar refractivity (Wildman–Crippen MR) is 90.9 cm³/mol. The van der Waals surface area contributed by atoms with Crippen molar-refractivity contribution >= 4 is 10.0 Å². The Morgan fingerprint density at radius 3 is 2.96 bits per heavy atom. The fourth-order valence-electron chi connectivity index (χ4n) is 2.75. The van der Waals surface area contributed by atoms with Crippen molar-refractivity contribution in [3.8, 4) is 0 Å². The number of aromatic nitrogens is 3. The number of hydrogen-bond acceptors (Lipinski definition) is 5. The van der Waals surface area contributed by atoms with Crippen molar-refractivity contribution in [2.24, 2.45) is 0 Å². The van der Waals surface area contributed by atoms with Crippen LogP contribution in [-0.4, -0.2) is 36.0 Å². The van der Waals surface area contributed by atoms with Gasteiger partial charge in [0.2, 0.25) is 0 Å². The van der Waals surface area contributed by atoms with Gasteiger partial charge in [-0.25, -0.2) is 18.1 Å². The average molecular weight is 349 g/mol. The predicted octanol–water partition coefficient (Wildman–Crippen LogP) is 1.07. The normalized spacial score (nSPS) is 14.5. The van der Waals surface area contributed by atoms with Gasteiger partial charge in [-0.15, -0.1) is 0 Å². The van der Waals surface area contributed by atoms with E-state index >= 15 is 0 Å². The lowest BCUT2D eigenvalue weighted by molar-refractivity contribution is 0.522. The molecule has 2 aromatic heterocycles. The Kier molecular flexibility index (Phi) is 5.60. The van der Waals surface area contributed by atoms with Gasteiger partial charge in [0.15, 0.2) is 5.03 Å². The Bertz CT molecular complexity index is 735. The fourth-order valence-corrected chi connectivity index (χ4v) is 3.80. The molecular formula is C16H23N5O2S. The number of nitrogens with one attached hydrogen (secondary N) is 2. The van der Waals surface area contributed by atoms with E-state index in [9.17, 15) is 8.42 Å². The van der Waals surface area contributed by atoms with Gasteiger partial charge in [-0.3, -0.25) is 4.98 Å². The summed E-state index contributed by atoms with van der Waals surface area (Å²) in [7, 11) is -3.51. The van der Waals surface area contributed by atoms with Crippen molar-refractivity contribution in [2.75, 3.05) is 13.1 Å². The standard InChI is InChI=1S/C16H23N5O2S/c22-24(23,16-13-21-10-2-1-6-15(21)20-16)19-9-4-8-18-12-14-5-3-7-17-11-14/h3,5,7,11,13,18-19H,1-2,4,6,8-10,12H2. The molecule has 0 saturated heterocycles. The highest BCUT2D eigenvalue weighted by Gasteiger charge is 2.21. The number of pyridine rings is 1. The lowest BCUT2D eigenvalue weighted by Crippen LogP contribution is -2.27. The number of hydrogen-bond donors (Lipinski definition) is 2. The zero-order valence-electron chi connectivity index (χ0n) is 13.6. The lowest BCUT2D eigenvalue weighted by atomic mass is 10.2. The van der Waals surface area contributed by atoms with Crippen molar-refractivity contribution in [3.63, 3.8) is 0 Å². The van der Waals surface area contributed by atoms with Gasteiger partial charge in [0.1, 0.15) is 5.82 Å². The molecule has 0 atom stereocenters. The van der Waals surface area contributed by atoms with Crippen molar-refractivity contribution < 1.29 is 8.42 Å². The second kappa shape index (κ2) is 7.87. The summed E-state index contributed by atoms with van der Waals surface area (Å²) in [4.78, 5) is 8.32. The van der Waals surface area contributed by atoms with E-state index in [1.807, 2.05) is 22.9 Å². The zero-order chi connectivity index (χ0) is 16.8. The molecule has 0 bridgehead atoms. The van der Waals surface area contributed by atoms with E-state index in [4.69, 9.17) is 0 Å². The van der Waals surface area contributed by atoms with Crippen molar-refractivity contribution in [1.82, 2.24) is 24.6 Å². The fraction of sp³-hybridized carbons (Fsp3) is 0.500. The SMILES string of the molecule is O=S(=O)(NCCCNCc1cccnc1)c1cn2c(n1)CCCC2. The van der Waals surface area contributed by atoms with Crippen LogP contribution >= 0.6 is 0 Å². The summed E-state index contributed by atoms with van der Waals surface area (Å²) in [6, 6.07) is 3.90. The Hall–Kier alpha value is -1.77. The first-order valence-electron chi connectivity index (χ1n) is 8.30. The molecule has 0 spiro atoms. The van der Waals surface area contributed by atoms with E-state index in [0.29, 0.717) is 13.0 Å². The summed E-state index contributed by atoms with van der Waals surface area (Å²) in [5, 5.41) is 3.41. The van der Waals surface area contributed by atoms with Gasteiger partial charge < -0.3 is 9.88 Å². The van der Waals surface area contributed by atoms with E-state index in [0.717, 1.165) is 50.3 Å². The van der Waals surface area contributed by atoms with Crippen LogP contribution in [0.15, 0.2) is 35.7 Å². The Balaban J connectivity index is 1.41. The maximum absolute atomic E-state index is 12.3. The number of fused-ring (bicyclic) bond motifs is 1. The Labute approximate surface area is 142 Å². The first kappa shape index (κ1) is 17.1. The van der Waals surface area contributed by atoms with Crippen LogP contribution in [0.5, 0.6) is 0 Å². The maximum atomic E-state index is 12.3. The second-order valence-electron chi connectivity index (χ2n) is 5.94. The summed E-state index contributed by atoms with van der Waals surface area (Å²) < 4.78 is 29.2. The summed E-state index contributed by atoms with van der Waals surface area (Å²) in [5.74, 6) is 0.875. The highest BCUT2D eigenvalue weighted by molar-refractivity contribution is 7.89.